The van der Waals surface area contributed by atoms with E-state index in [0.29, 0.717) is 30.5 Å². The number of hydrogen-bond acceptors (Lipinski definition) is 2. The molecule has 0 aliphatic carbocycles. The second-order valence-electron chi connectivity index (χ2n) is 7.28. The lowest BCUT2D eigenvalue weighted by atomic mass is 9.93. The number of halogens is 1. The highest BCUT2D eigenvalue weighted by atomic mass is 35.5. The molecule has 1 aliphatic heterocycles. The number of carbonyl (C=O) groups excluding carboxylic acids is 2. The summed E-state index contributed by atoms with van der Waals surface area (Å²) in [5.74, 6) is 5.88. The summed E-state index contributed by atoms with van der Waals surface area (Å²) in [6, 6.07) is 17.0. The van der Waals surface area contributed by atoms with Crippen LogP contribution in [0.1, 0.15) is 36.8 Å². The summed E-state index contributed by atoms with van der Waals surface area (Å²) in [4.78, 5) is 26.4. The van der Waals surface area contributed by atoms with Crippen molar-refractivity contribution in [1.82, 2.24) is 10.2 Å². The number of likely N-dealkylation sites (tertiary alicyclic amines) is 1. The van der Waals surface area contributed by atoms with Crippen LogP contribution in [0.4, 0.5) is 0 Å². The third kappa shape index (κ3) is 6.66. The Hall–Kier alpha value is -2.77. The molecule has 1 fully saturated rings. The zero-order chi connectivity index (χ0) is 20.5. The molecule has 2 amide bonds. The minimum atomic E-state index is -0.137. The predicted molar refractivity (Wildman–Crippen MR) is 115 cm³/mol. The summed E-state index contributed by atoms with van der Waals surface area (Å²) < 4.78 is 0. The Morgan fingerprint density at radius 1 is 1.10 bits per heavy atom. The molecule has 1 saturated heterocycles. The summed E-state index contributed by atoms with van der Waals surface area (Å²) in [5, 5.41) is 3.58. The van der Waals surface area contributed by atoms with Crippen LogP contribution in [0.25, 0.3) is 0 Å². The molecular weight excluding hydrogens is 384 g/mol. The standard InChI is InChI=1S/C24H25ClN2O2/c25-22-11-5-4-10-21(22)17-26-23(28)14-12-20-9-6-16-27(18-20)24(29)15-13-19-7-2-1-3-8-19/h1-5,7-8,10-11,20H,6,9,12,14,16-18H2,(H,26,28)/t20-/m1/s1. The monoisotopic (exact) mass is 408 g/mol. The van der Waals surface area contributed by atoms with Gasteiger partial charge in [-0.2, -0.15) is 0 Å². The Kier molecular flexibility index (Phi) is 7.72. The van der Waals surface area contributed by atoms with Crippen molar-refractivity contribution in [2.75, 3.05) is 13.1 Å². The first-order valence-corrected chi connectivity index (χ1v) is 10.4. The maximum absolute atomic E-state index is 12.4. The van der Waals surface area contributed by atoms with Gasteiger partial charge in [-0.3, -0.25) is 9.59 Å². The second-order valence-corrected chi connectivity index (χ2v) is 7.69. The van der Waals surface area contributed by atoms with Gasteiger partial charge in [0.2, 0.25) is 5.91 Å². The van der Waals surface area contributed by atoms with Gasteiger partial charge in [0.25, 0.3) is 5.91 Å². The van der Waals surface area contributed by atoms with Gasteiger partial charge >= 0.3 is 0 Å². The fourth-order valence-corrected chi connectivity index (χ4v) is 3.67. The van der Waals surface area contributed by atoms with Crippen molar-refractivity contribution in [2.24, 2.45) is 5.92 Å². The predicted octanol–water partition coefficient (Wildman–Crippen LogP) is 4.03. The van der Waals surface area contributed by atoms with Crippen LogP contribution in [0.15, 0.2) is 54.6 Å². The van der Waals surface area contributed by atoms with Crippen molar-refractivity contribution in [3.63, 3.8) is 0 Å². The summed E-state index contributed by atoms with van der Waals surface area (Å²) >= 11 is 6.12. The number of rotatable bonds is 5. The Balaban J connectivity index is 1.43. The van der Waals surface area contributed by atoms with Crippen molar-refractivity contribution in [3.8, 4) is 11.8 Å². The van der Waals surface area contributed by atoms with Crippen LogP contribution in [-0.2, 0) is 16.1 Å². The number of nitrogens with zero attached hydrogens (tertiary/aromatic N) is 1. The lowest BCUT2D eigenvalue weighted by Crippen LogP contribution is -2.39. The molecule has 1 atom stereocenters. The van der Waals surface area contributed by atoms with Crippen molar-refractivity contribution >= 4 is 23.4 Å². The van der Waals surface area contributed by atoms with Gasteiger partial charge in [0.05, 0.1) is 0 Å². The first kappa shape index (κ1) is 21.0. The lowest BCUT2D eigenvalue weighted by molar-refractivity contribution is -0.126. The van der Waals surface area contributed by atoms with E-state index in [1.807, 2.05) is 59.5 Å². The van der Waals surface area contributed by atoms with Gasteiger partial charge in [0, 0.05) is 42.6 Å². The van der Waals surface area contributed by atoms with Crippen LogP contribution < -0.4 is 5.32 Å². The third-order valence-corrected chi connectivity index (χ3v) is 5.48. The highest BCUT2D eigenvalue weighted by Gasteiger charge is 2.23. The highest BCUT2D eigenvalue weighted by molar-refractivity contribution is 6.31. The SMILES string of the molecule is O=C(CC[C@H]1CCCN(C(=O)C#Cc2ccccc2)C1)NCc1ccccc1Cl. The summed E-state index contributed by atoms with van der Waals surface area (Å²) in [5.41, 5.74) is 1.75. The number of benzene rings is 2. The van der Waals surface area contributed by atoms with Crippen LogP contribution in [0.2, 0.25) is 5.02 Å². The Morgan fingerprint density at radius 2 is 1.86 bits per heavy atom. The van der Waals surface area contributed by atoms with E-state index in [0.717, 1.165) is 36.9 Å². The van der Waals surface area contributed by atoms with Crippen LogP contribution in [0.3, 0.4) is 0 Å². The first-order valence-electron chi connectivity index (χ1n) is 9.98. The van der Waals surface area contributed by atoms with E-state index in [2.05, 4.69) is 17.2 Å². The van der Waals surface area contributed by atoms with E-state index >= 15 is 0 Å². The molecule has 150 valence electrons. The minimum Gasteiger partial charge on any atom is -0.352 e. The smallest absolute Gasteiger partial charge is 0.298 e. The van der Waals surface area contributed by atoms with E-state index < -0.39 is 0 Å². The maximum atomic E-state index is 12.4. The molecule has 4 nitrogen and oxygen atoms in total. The maximum Gasteiger partial charge on any atom is 0.298 e. The average Bonchev–Trinajstić information content (AvgIpc) is 2.76. The Labute approximate surface area is 177 Å². The Morgan fingerprint density at radius 3 is 2.66 bits per heavy atom. The molecule has 0 unspecified atom stereocenters. The van der Waals surface area contributed by atoms with Crippen molar-refractivity contribution in [1.29, 1.82) is 0 Å². The van der Waals surface area contributed by atoms with Gasteiger partial charge in [-0.05, 0) is 48.9 Å². The molecule has 0 radical (unpaired) electrons. The molecule has 2 aromatic rings. The van der Waals surface area contributed by atoms with Crippen molar-refractivity contribution in [3.05, 3.63) is 70.7 Å². The average molecular weight is 409 g/mol. The fourth-order valence-electron chi connectivity index (χ4n) is 3.47. The quantitative estimate of drug-likeness (QED) is 0.759. The number of hydrogen-bond donors (Lipinski definition) is 1. The summed E-state index contributed by atoms with van der Waals surface area (Å²) in [6.45, 7) is 1.83. The van der Waals surface area contributed by atoms with E-state index in [-0.39, 0.29) is 11.8 Å². The second kappa shape index (κ2) is 10.7. The molecule has 0 saturated carbocycles. The minimum absolute atomic E-state index is 0.0113. The molecular formula is C24H25ClN2O2. The largest absolute Gasteiger partial charge is 0.352 e. The molecule has 1 heterocycles. The Bertz CT molecular complexity index is 902. The van der Waals surface area contributed by atoms with Gasteiger partial charge in [-0.1, -0.05) is 53.9 Å². The topological polar surface area (TPSA) is 49.4 Å². The van der Waals surface area contributed by atoms with Gasteiger partial charge in [-0.25, -0.2) is 0 Å². The normalized spacial score (nSPS) is 15.9. The van der Waals surface area contributed by atoms with E-state index in [1.54, 1.807) is 0 Å². The molecule has 0 aromatic heterocycles. The molecule has 2 aromatic carbocycles. The van der Waals surface area contributed by atoms with E-state index in [4.69, 9.17) is 11.6 Å². The molecule has 0 spiro atoms. The lowest BCUT2D eigenvalue weighted by Gasteiger charge is -2.31. The molecule has 0 bridgehead atoms. The van der Waals surface area contributed by atoms with Crippen LogP contribution in [0, 0.1) is 17.8 Å². The number of amides is 2. The molecule has 1 N–H and O–H groups in total. The number of carbonyl (C=O) groups is 2. The van der Waals surface area contributed by atoms with E-state index in [1.165, 1.54) is 0 Å². The summed E-state index contributed by atoms with van der Waals surface area (Å²) in [7, 11) is 0. The third-order valence-electron chi connectivity index (χ3n) is 5.11. The van der Waals surface area contributed by atoms with Crippen molar-refractivity contribution in [2.45, 2.75) is 32.2 Å². The first-order chi connectivity index (χ1) is 14.1. The number of piperidine rings is 1. The van der Waals surface area contributed by atoms with Crippen molar-refractivity contribution < 1.29 is 9.59 Å². The molecule has 3 rings (SSSR count). The zero-order valence-corrected chi connectivity index (χ0v) is 17.1. The van der Waals surface area contributed by atoms with Gasteiger partial charge in [0.15, 0.2) is 0 Å². The van der Waals surface area contributed by atoms with Crippen LogP contribution in [-0.4, -0.2) is 29.8 Å². The van der Waals surface area contributed by atoms with Crippen LogP contribution >= 0.6 is 11.6 Å². The highest BCUT2D eigenvalue weighted by Crippen LogP contribution is 2.21. The summed E-state index contributed by atoms with van der Waals surface area (Å²) in [6.07, 6.45) is 3.20. The zero-order valence-electron chi connectivity index (χ0n) is 16.4. The van der Waals surface area contributed by atoms with Gasteiger partial charge < -0.3 is 10.2 Å². The number of nitrogens with one attached hydrogen (secondary N) is 1. The van der Waals surface area contributed by atoms with Crippen LogP contribution in [0.5, 0.6) is 0 Å². The van der Waals surface area contributed by atoms with E-state index in [9.17, 15) is 9.59 Å². The fraction of sp³-hybridized carbons (Fsp3) is 0.333. The molecule has 5 heteroatoms. The molecule has 1 aliphatic rings. The molecule has 29 heavy (non-hydrogen) atoms. The van der Waals surface area contributed by atoms with Gasteiger partial charge in [0.1, 0.15) is 0 Å². The van der Waals surface area contributed by atoms with Gasteiger partial charge in [-0.15, -0.1) is 0 Å².